The predicted molar refractivity (Wildman–Crippen MR) is 70.5 cm³/mol. The lowest BCUT2D eigenvalue weighted by molar-refractivity contribution is -0.135. The van der Waals surface area contributed by atoms with Gasteiger partial charge in [-0.3, -0.25) is 9.69 Å². The van der Waals surface area contributed by atoms with Crippen molar-refractivity contribution in [3.05, 3.63) is 0 Å². The highest BCUT2D eigenvalue weighted by Crippen LogP contribution is 2.10. The minimum Gasteiger partial charge on any atom is -0.374 e. The molecule has 2 aliphatic heterocycles. The second-order valence-corrected chi connectivity index (χ2v) is 5.20. The number of likely N-dealkylation sites (N-methyl/N-ethyl adjacent to an activating group) is 1. The van der Waals surface area contributed by atoms with Crippen molar-refractivity contribution in [1.82, 2.24) is 15.1 Å². The van der Waals surface area contributed by atoms with Gasteiger partial charge in [0.05, 0.1) is 18.8 Å². The van der Waals surface area contributed by atoms with Gasteiger partial charge in [0.1, 0.15) is 0 Å². The number of nitrogens with one attached hydrogen (secondary N) is 1. The average Bonchev–Trinajstić information content (AvgIpc) is 2.55. The summed E-state index contributed by atoms with van der Waals surface area (Å²) in [7, 11) is 0. The van der Waals surface area contributed by atoms with Crippen molar-refractivity contribution in [3.63, 3.8) is 0 Å². The molecule has 2 atom stereocenters. The molecule has 2 saturated heterocycles. The lowest BCUT2D eigenvalue weighted by Gasteiger charge is -2.35. The number of carbonyl (C=O) groups excluding carboxylic acids is 1. The second-order valence-electron chi connectivity index (χ2n) is 5.20. The minimum atomic E-state index is -0.0571. The lowest BCUT2D eigenvalue weighted by atomic mass is 10.2. The highest BCUT2D eigenvalue weighted by atomic mass is 16.5. The van der Waals surface area contributed by atoms with Crippen molar-refractivity contribution in [3.8, 4) is 0 Å². The highest BCUT2D eigenvalue weighted by molar-refractivity contribution is 5.81. The smallest absolute Gasteiger partial charge is 0.239 e. The van der Waals surface area contributed by atoms with Crippen molar-refractivity contribution >= 4 is 5.91 Å². The first-order chi connectivity index (χ1) is 8.70. The normalized spacial score (nSPS) is 31.4. The molecule has 5 heteroatoms. The molecule has 0 spiro atoms. The number of morpholine rings is 1. The molecule has 2 heterocycles. The molecule has 0 aliphatic carbocycles. The number of hydrogen-bond acceptors (Lipinski definition) is 4. The first-order valence-electron chi connectivity index (χ1n) is 7.07. The number of nitrogens with zero attached hydrogens (tertiary/aromatic N) is 2. The Kier molecular flexibility index (Phi) is 4.97. The Morgan fingerprint density at radius 3 is 3.06 bits per heavy atom. The van der Waals surface area contributed by atoms with Gasteiger partial charge in [-0.1, -0.05) is 6.92 Å². The fourth-order valence-electron chi connectivity index (χ4n) is 2.67. The first-order valence-corrected chi connectivity index (χ1v) is 7.07. The number of ether oxygens (including phenoxy) is 1. The van der Waals surface area contributed by atoms with Gasteiger partial charge >= 0.3 is 0 Å². The van der Waals surface area contributed by atoms with Crippen molar-refractivity contribution in [2.75, 3.05) is 45.9 Å². The molecule has 104 valence electrons. The second kappa shape index (κ2) is 6.50. The molecular formula is C13H25N3O2. The van der Waals surface area contributed by atoms with Crippen LogP contribution in [0, 0.1) is 0 Å². The fourth-order valence-corrected chi connectivity index (χ4v) is 2.67. The summed E-state index contributed by atoms with van der Waals surface area (Å²) >= 11 is 0. The molecule has 1 N–H and O–H groups in total. The maximum Gasteiger partial charge on any atom is 0.239 e. The Morgan fingerprint density at radius 1 is 1.44 bits per heavy atom. The quantitative estimate of drug-likeness (QED) is 0.766. The van der Waals surface area contributed by atoms with Crippen LogP contribution in [0.2, 0.25) is 0 Å². The van der Waals surface area contributed by atoms with Gasteiger partial charge in [0.15, 0.2) is 0 Å². The zero-order valence-electron chi connectivity index (χ0n) is 11.5. The summed E-state index contributed by atoms with van der Waals surface area (Å²) < 4.78 is 5.78. The Morgan fingerprint density at radius 2 is 2.28 bits per heavy atom. The summed E-state index contributed by atoms with van der Waals surface area (Å²) in [6, 6.07) is -0.0571. The van der Waals surface area contributed by atoms with E-state index in [0.29, 0.717) is 0 Å². The Balaban J connectivity index is 1.88. The maximum atomic E-state index is 12.2. The van der Waals surface area contributed by atoms with E-state index in [1.165, 1.54) is 0 Å². The molecule has 0 saturated carbocycles. The van der Waals surface area contributed by atoms with Crippen molar-refractivity contribution in [2.45, 2.75) is 32.4 Å². The van der Waals surface area contributed by atoms with Crippen molar-refractivity contribution in [2.24, 2.45) is 0 Å². The fraction of sp³-hybridized carbons (Fsp3) is 0.923. The van der Waals surface area contributed by atoms with Crippen molar-refractivity contribution in [1.29, 1.82) is 0 Å². The topological polar surface area (TPSA) is 44.8 Å². The molecule has 0 aromatic carbocycles. The van der Waals surface area contributed by atoms with Gasteiger partial charge < -0.3 is 15.0 Å². The van der Waals surface area contributed by atoms with Crippen LogP contribution >= 0.6 is 0 Å². The lowest BCUT2D eigenvalue weighted by Crippen LogP contribution is -2.50. The minimum absolute atomic E-state index is 0.0571. The third-order valence-electron chi connectivity index (χ3n) is 3.83. The Labute approximate surface area is 109 Å². The zero-order chi connectivity index (χ0) is 13.0. The Bertz CT molecular complexity index is 285. The van der Waals surface area contributed by atoms with E-state index < -0.39 is 0 Å². The van der Waals surface area contributed by atoms with E-state index in [1.807, 2.05) is 11.8 Å². The number of amides is 1. The van der Waals surface area contributed by atoms with E-state index in [2.05, 4.69) is 17.1 Å². The van der Waals surface area contributed by atoms with Gasteiger partial charge in [-0.05, 0) is 26.4 Å². The van der Waals surface area contributed by atoms with Crippen LogP contribution in [-0.4, -0.2) is 73.7 Å². The zero-order valence-corrected chi connectivity index (χ0v) is 11.5. The highest BCUT2D eigenvalue weighted by Gasteiger charge is 2.27. The van der Waals surface area contributed by atoms with Crippen LogP contribution in [0.4, 0.5) is 0 Å². The van der Waals surface area contributed by atoms with E-state index in [-0.39, 0.29) is 18.1 Å². The van der Waals surface area contributed by atoms with Crippen LogP contribution in [0.15, 0.2) is 0 Å². The summed E-state index contributed by atoms with van der Waals surface area (Å²) in [5, 5.41) is 3.24. The molecule has 0 aromatic heterocycles. The standard InChI is InChI=1S/C13H25N3O2/c1-3-15-7-8-18-12(9-15)10-16-6-4-5-14-11(2)13(16)17/h11-12,14H,3-10H2,1-2H3. The summed E-state index contributed by atoms with van der Waals surface area (Å²) in [5.74, 6) is 0.213. The van der Waals surface area contributed by atoms with Crippen molar-refractivity contribution < 1.29 is 9.53 Å². The molecule has 2 aliphatic rings. The van der Waals surface area contributed by atoms with E-state index in [9.17, 15) is 4.79 Å². The first kappa shape index (κ1) is 13.8. The molecule has 2 fully saturated rings. The SMILES string of the molecule is CCN1CCOC(CN2CCCNC(C)C2=O)C1. The van der Waals surface area contributed by atoms with E-state index in [1.54, 1.807) is 0 Å². The van der Waals surface area contributed by atoms with Crippen LogP contribution in [0.25, 0.3) is 0 Å². The summed E-state index contributed by atoms with van der Waals surface area (Å²) in [5.41, 5.74) is 0. The average molecular weight is 255 g/mol. The molecule has 0 radical (unpaired) electrons. The van der Waals surface area contributed by atoms with Gasteiger partial charge in [0.2, 0.25) is 5.91 Å². The van der Waals surface area contributed by atoms with Gasteiger partial charge in [0, 0.05) is 26.2 Å². The third-order valence-corrected chi connectivity index (χ3v) is 3.83. The van der Waals surface area contributed by atoms with Crippen LogP contribution in [0.5, 0.6) is 0 Å². The van der Waals surface area contributed by atoms with Crippen LogP contribution in [0.3, 0.4) is 0 Å². The number of carbonyl (C=O) groups is 1. The molecule has 2 unspecified atom stereocenters. The largest absolute Gasteiger partial charge is 0.374 e. The summed E-state index contributed by atoms with van der Waals surface area (Å²) in [6.07, 6.45) is 1.20. The number of rotatable bonds is 3. The van der Waals surface area contributed by atoms with E-state index in [0.717, 1.165) is 52.3 Å². The molecule has 5 nitrogen and oxygen atoms in total. The van der Waals surface area contributed by atoms with Gasteiger partial charge in [-0.25, -0.2) is 0 Å². The van der Waals surface area contributed by atoms with Gasteiger partial charge in [-0.15, -0.1) is 0 Å². The predicted octanol–water partition coefficient (Wildman–Crippen LogP) is -0.0825. The number of hydrogen-bond donors (Lipinski definition) is 1. The molecule has 0 aromatic rings. The monoisotopic (exact) mass is 255 g/mol. The van der Waals surface area contributed by atoms with E-state index in [4.69, 9.17) is 4.74 Å². The molecule has 2 rings (SSSR count). The summed E-state index contributed by atoms with van der Waals surface area (Å²) in [4.78, 5) is 16.5. The van der Waals surface area contributed by atoms with Gasteiger partial charge in [-0.2, -0.15) is 0 Å². The van der Waals surface area contributed by atoms with Crippen LogP contribution in [-0.2, 0) is 9.53 Å². The summed E-state index contributed by atoms with van der Waals surface area (Å²) in [6.45, 7) is 10.4. The van der Waals surface area contributed by atoms with Crippen LogP contribution in [0.1, 0.15) is 20.3 Å². The third kappa shape index (κ3) is 3.43. The van der Waals surface area contributed by atoms with Gasteiger partial charge in [0.25, 0.3) is 0 Å². The van der Waals surface area contributed by atoms with Crippen LogP contribution < -0.4 is 5.32 Å². The van der Waals surface area contributed by atoms with E-state index >= 15 is 0 Å². The molecule has 0 bridgehead atoms. The molecule has 1 amide bonds. The Hall–Kier alpha value is -0.650. The molecule has 18 heavy (non-hydrogen) atoms. The maximum absolute atomic E-state index is 12.2. The molecular weight excluding hydrogens is 230 g/mol.